The fourth-order valence-electron chi connectivity index (χ4n) is 0. The SMILES string of the molecule is CO.OP(O)O. The second-order valence-corrected chi connectivity index (χ2v) is 0.805. The molecule has 0 unspecified atom stereocenters. The van der Waals surface area contributed by atoms with E-state index in [-0.39, 0.29) is 0 Å². The molecular formula is CH7O4P. The number of aliphatic hydroxyl groups excluding tert-OH is 1. The summed E-state index contributed by atoms with van der Waals surface area (Å²) in [6.45, 7) is 0. The standard InChI is InChI=1S/CH4O.H3O3P/c1-2;1-4(2)3/h2H,1H3;1-3H. The number of aliphatic hydroxyl groups is 1. The Morgan fingerprint density at radius 1 is 1.00 bits per heavy atom. The summed E-state index contributed by atoms with van der Waals surface area (Å²) in [5.74, 6) is 0. The molecule has 0 aliphatic heterocycles. The predicted octanol–water partition coefficient (Wildman–Crippen LogP) is -1.20. The van der Waals surface area contributed by atoms with Gasteiger partial charge in [-0.05, 0) is 0 Å². The molecule has 4 N–H and O–H groups in total. The summed E-state index contributed by atoms with van der Waals surface area (Å²) in [4.78, 5) is 21.7. The van der Waals surface area contributed by atoms with Gasteiger partial charge >= 0.3 is 8.60 Å². The minimum absolute atomic E-state index is 1.00. The number of rotatable bonds is 0. The molecule has 0 saturated heterocycles. The van der Waals surface area contributed by atoms with Gasteiger partial charge in [0.05, 0.1) is 0 Å². The summed E-state index contributed by atoms with van der Waals surface area (Å²) in [6, 6.07) is 0. The molecule has 0 atom stereocenters. The van der Waals surface area contributed by atoms with Crippen molar-refractivity contribution in [1.29, 1.82) is 0 Å². The summed E-state index contributed by atoms with van der Waals surface area (Å²) in [5.41, 5.74) is 0. The van der Waals surface area contributed by atoms with Gasteiger partial charge in [-0.1, -0.05) is 0 Å². The quantitative estimate of drug-likeness (QED) is 0.298. The first-order valence-corrected chi connectivity index (χ1v) is 2.25. The third-order valence-electron chi connectivity index (χ3n) is 0. The van der Waals surface area contributed by atoms with Crippen LogP contribution in [0.4, 0.5) is 0 Å². The zero-order valence-electron chi connectivity index (χ0n) is 3.24. The van der Waals surface area contributed by atoms with Crippen LogP contribution in [0.5, 0.6) is 0 Å². The van der Waals surface area contributed by atoms with Crippen molar-refractivity contribution in [2.45, 2.75) is 0 Å². The van der Waals surface area contributed by atoms with E-state index < -0.39 is 8.60 Å². The molecule has 0 amide bonds. The van der Waals surface area contributed by atoms with Crippen LogP contribution in [-0.4, -0.2) is 26.9 Å². The van der Waals surface area contributed by atoms with Crippen LogP contribution in [0, 0.1) is 0 Å². The second kappa shape index (κ2) is 8.99. The molecule has 0 aromatic heterocycles. The van der Waals surface area contributed by atoms with Crippen molar-refractivity contribution in [2.24, 2.45) is 0 Å². The lowest BCUT2D eigenvalue weighted by Crippen LogP contribution is -1.54. The van der Waals surface area contributed by atoms with Crippen molar-refractivity contribution in [3.8, 4) is 0 Å². The molecule has 0 bridgehead atoms. The minimum atomic E-state index is -2.62. The predicted molar refractivity (Wildman–Crippen MR) is 21.7 cm³/mol. The molecule has 0 aromatic rings. The Balaban J connectivity index is 0. The number of hydrogen-bond donors (Lipinski definition) is 4. The van der Waals surface area contributed by atoms with Crippen LogP contribution < -0.4 is 0 Å². The minimum Gasteiger partial charge on any atom is -0.400 e. The Bertz CT molecular complexity index is 12.3. The van der Waals surface area contributed by atoms with Gasteiger partial charge in [0.1, 0.15) is 0 Å². The highest BCUT2D eigenvalue weighted by atomic mass is 31.2. The maximum Gasteiger partial charge on any atom is 0.324 e. The summed E-state index contributed by atoms with van der Waals surface area (Å²) >= 11 is 0. The van der Waals surface area contributed by atoms with Gasteiger partial charge < -0.3 is 19.8 Å². The van der Waals surface area contributed by atoms with E-state index in [1.807, 2.05) is 0 Å². The van der Waals surface area contributed by atoms with Crippen molar-refractivity contribution in [2.75, 3.05) is 7.11 Å². The van der Waals surface area contributed by atoms with Crippen LogP contribution in [0.2, 0.25) is 0 Å². The van der Waals surface area contributed by atoms with Crippen LogP contribution in [0.15, 0.2) is 0 Å². The van der Waals surface area contributed by atoms with Gasteiger partial charge in [0.15, 0.2) is 0 Å². The molecule has 0 aliphatic rings. The fourth-order valence-corrected chi connectivity index (χ4v) is 0. The first kappa shape index (κ1) is 9.55. The van der Waals surface area contributed by atoms with E-state index in [1.54, 1.807) is 0 Å². The fraction of sp³-hybridized carbons (Fsp3) is 1.00. The molecular weight excluding hydrogens is 107 g/mol. The van der Waals surface area contributed by atoms with E-state index in [1.165, 1.54) is 0 Å². The van der Waals surface area contributed by atoms with Gasteiger partial charge in [-0.2, -0.15) is 0 Å². The summed E-state index contributed by atoms with van der Waals surface area (Å²) < 4.78 is 0. The van der Waals surface area contributed by atoms with Gasteiger partial charge in [0.25, 0.3) is 0 Å². The van der Waals surface area contributed by atoms with Crippen LogP contribution in [0.1, 0.15) is 0 Å². The topological polar surface area (TPSA) is 80.9 Å². The lowest BCUT2D eigenvalue weighted by atomic mass is 11.8. The molecule has 5 heteroatoms. The van der Waals surface area contributed by atoms with Crippen LogP contribution in [0.25, 0.3) is 0 Å². The average Bonchev–Trinajstić information content (AvgIpc) is 1.41. The Labute approximate surface area is 36.7 Å². The molecule has 4 nitrogen and oxygen atoms in total. The average molecular weight is 114 g/mol. The molecule has 0 rings (SSSR count). The smallest absolute Gasteiger partial charge is 0.324 e. The van der Waals surface area contributed by atoms with Gasteiger partial charge in [-0.3, -0.25) is 0 Å². The van der Waals surface area contributed by atoms with Crippen molar-refractivity contribution in [3.63, 3.8) is 0 Å². The maximum atomic E-state index is 7.23. The van der Waals surface area contributed by atoms with E-state index >= 15 is 0 Å². The normalized spacial score (nSPS) is 7.00. The van der Waals surface area contributed by atoms with E-state index in [0.717, 1.165) is 7.11 Å². The third kappa shape index (κ3) is 626. The van der Waals surface area contributed by atoms with Crippen LogP contribution in [-0.2, 0) is 0 Å². The van der Waals surface area contributed by atoms with Gasteiger partial charge in [-0.25, -0.2) is 0 Å². The van der Waals surface area contributed by atoms with Crippen molar-refractivity contribution >= 4 is 8.60 Å². The van der Waals surface area contributed by atoms with E-state index in [9.17, 15) is 0 Å². The second-order valence-electron chi connectivity index (χ2n) is 0.268. The van der Waals surface area contributed by atoms with Gasteiger partial charge in [0, 0.05) is 7.11 Å². The molecule has 0 saturated carbocycles. The molecule has 0 radical (unpaired) electrons. The highest BCUT2D eigenvalue weighted by molar-refractivity contribution is 7.38. The lowest BCUT2D eigenvalue weighted by molar-refractivity contribution is 0.368. The van der Waals surface area contributed by atoms with E-state index in [0.29, 0.717) is 0 Å². The zero-order valence-corrected chi connectivity index (χ0v) is 4.13. The molecule has 0 heterocycles. The Morgan fingerprint density at radius 2 is 1.00 bits per heavy atom. The molecule has 40 valence electrons. The highest BCUT2D eigenvalue weighted by Gasteiger charge is 1.76. The Hall–Kier alpha value is 0.270. The maximum absolute atomic E-state index is 7.23. The molecule has 0 fully saturated rings. The van der Waals surface area contributed by atoms with Crippen molar-refractivity contribution < 1.29 is 19.8 Å². The van der Waals surface area contributed by atoms with Gasteiger partial charge in [-0.15, -0.1) is 0 Å². The van der Waals surface area contributed by atoms with Gasteiger partial charge in [0.2, 0.25) is 0 Å². The number of hydrogen-bond acceptors (Lipinski definition) is 4. The van der Waals surface area contributed by atoms with Crippen LogP contribution >= 0.6 is 8.60 Å². The third-order valence-corrected chi connectivity index (χ3v) is 0. The van der Waals surface area contributed by atoms with E-state index in [4.69, 9.17) is 19.8 Å². The summed E-state index contributed by atoms with van der Waals surface area (Å²) in [6.07, 6.45) is 0. The summed E-state index contributed by atoms with van der Waals surface area (Å²) in [5, 5.41) is 7.00. The Kier molecular flexibility index (Phi) is 14.3. The monoisotopic (exact) mass is 114 g/mol. The van der Waals surface area contributed by atoms with Crippen molar-refractivity contribution in [1.82, 2.24) is 0 Å². The van der Waals surface area contributed by atoms with Crippen molar-refractivity contribution in [3.05, 3.63) is 0 Å². The summed E-state index contributed by atoms with van der Waals surface area (Å²) in [7, 11) is -1.62. The molecule has 0 aliphatic carbocycles. The zero-order chi connectivity index (χ0) is 5.58. The van der Waals surface area contributed by atoms with Crippen LogP contribution in [0.3, 0.4) is 0 Å². The molecule has 0 spiro atoms. The lowest BCUT2D eigenvalue weighted by Gasteiger charge is -1.76. The first-order chi connectivity index (χ1) is 2.73. The first-order valence-electron chi connectivity index (χ1n) is 1.05. The molecule has 0 aromatic carbocycles. The largest absolute Gasteiger partial charge is 0.400 e. The molecule has 6 heavy (non-hydrogen) atoms. The Morgan fingerprint density at radius 3 is 1.00 bits per heavy atom. The highest BCUT2D eigenvalue weighted by Crippen LogP contribution is 2.11. The van der Waals surface area contributed by atoms with E-state index in [2.05, 4.69) is 0 Å².